The molecule has 1 fully saturated rings. The second-order valence-corrected chi connectivity index (χ2v) is 5.02. The molecule has 0 aliphatic heterocycles. The highest BCUT2D eigenvalue weighted by Gasteiger charge is 2.52. The van der Waals surface area contributed by atoms with E-state index in [4.69, 9.17) is 10.5 Å². The van der Waals surface area contributed by atoms with E-state index in [2.05, 4.69) is 0 Å². The van der Waals surface area contributed by atoms with Crippen LogP contribution >= 0.6 is 0 Å². The molecular formula is C14H19F2NO. The van der Waals surface area contributed by atoms with Gasteiger partial charge in [-0.1, -0.05) is 31.4 Å². The van der Waals surface area contributed by atoms with Gasteiger partial charge in [-0.2, -0.15) is 8.78 Å². The van der Waals surface area contributed by atoms with E-state index in [1.165, 1.54) is 19.2 Å². The SMILES string of the molecule is COc1cccc(C(F)(F)C2(N)CCCCC2)c1. The van der Waals surface area contributed by atoms with Crippen LogP contribution in [0.1, 0.15) is 37.7 Å². The third-order valence-electron chi connectivity index (χ3n) is 3.80. The molecule has 1 aliphatic carbocycles. The molecule has 4 heteroatoms. The van der Waals surface area contributed by atoms with Gasteiger partial charge in [0.1, 0.15) is 5.75 Å². The molecule has 0 heterocycles. The quantitative estimate of drug-likeness (QED) is 0.897. The second-order valence-electron chi connectivity index (χ2n) is 5.02. The average Bonchev–Trinajstić information content (AvgIpc) is 2.39. The van der Waals surface area contributed by atoms with Gasteiger partial charge in [-0.15, -0.1) is 0 Å². The van der Waals surface area contributed by atoms with E-state index in [0.717, 1.165) is 19.3 Å². The summed E-state index contributed by atoms with van der Waals surface area (Å²) in [6, 6.07) is 6.03. The van der Waals surface area contributed by atoms with Gasteiger partial charge in [0, 0.05) is 5.56 Å². The molecule has 1 aromatic carbocycles. The largest absolute Gasteiger partial charge is 0.497 e. The van der Waals surface area contributed by atoms with E-state index >= 15 is 0 Å². The highest BCUT2D eigenvalue weighted by molar-refractivity contribution is 5.33. The van der Waals surface area contributed by atoms with Gasteiger partial charge in [-0.3, -0.25) is 0 Å². The number of hydrogen-bond donors (Lipinski definition) is 1. The predicted octanol–water partition coefficient (Wildman–Crippen LogP) is 3.45. The molecule has 1 aliphatic rings. The minimum Gasteiger partial charge on any atom is -0.497 e. The molecular weight excluding hydrogens is 236 g/mol. The van der Waals surface area contributed by atoms with Gasteiger partial charge in [0.15, 0.2) is 0 Å². The number of benzene rings is 1. The van der Waals surface area contributed by atoms with Gasteiger partial charge in [-0.25, -0.2) is 0 Å². The minimum absolute atomic E-state index is 0.0498. The van der Waals surface area contributed by atoms with Crippen LogP contribution in [-0.4, -0.2) is 12.6 Å². The molecule has 0 aromatic heterocycles. The van der Waals surface area contributed by atoms with Crippen LogP contribution in [0.25, 0.3) is 0 Å². The van der Waals surface area contributed by atoms with Gasteiger partial charge in [0.2, 0.25) is 0 Å². The van der Waals surface area contributed by atoms with Crippen molar-refractivity contribution in [3.05, 3.63) is 29.8 Å². The number of alkyl halides is 2. The van der Waals surface area contributed by atoms with E-state index in [9.17, 15) is 8.78 Å². The molecule has 0 bridgehead atoms. The summed E-state index contributed by atoms with van der Waals surface area (Å²) in [5.41, 5.74) is 4.50. The van der Waals surface area contributed by atoms with Crippen LogP contribution in [0.4, 0.5) is 8.78 Å². The Morgan fingerprint density at radius 3 is 2.50 bits per heavy atom. The first-order chi connectivity index (χ1) is 8.49. The van der Waals surface area contributed by atoms with Crippen molar-refractivity contribution in [2.75, 3.05) is 7.11 Å². The van der Waals surface area contributed by atoms with Crippen molar-refractivity contribution >= 4 is 0 Å². The Hall–Kier alpha value is -1.16. The van der Waals surface area contributed by atoms with Crippen LogP contribution in [0.3, 0.4) is 0 Å². The second kappa shape index (κ2) is 4.84. The van der Waals surface area contributed by atoms with Gasteiger partial charge in [-0.05, 0) is 25.0 Å². The molecule has 18 heavy (non-hydrogen) atoms. The first-order valence-electron chi connectivity index (χ1n) is 6.31. The van der Waals surface area contributed by atoms with Crippen molar-refractivity contribution in [2.24, 2.45) is 5.73 Å². The van der Waals surface area contributed by atoms with Crippen LogP contribution < -0.4 is 10.5 Å². The van der Waals surface area contributed by atoms with Gasteiger partial charge >= 0.3 is 0 Å². The lowest BCUT2D eigenvalue weighted by atomic mass is 9.75. The first-order valence-corrected chi connectivity index (χ1v) is 6.31. The van der Waals surface area contributed by atoms with E-state index in [1.807, 2.05) is 0 Å². The van der Waals surface area contributed by atoms with E-state index in [-0.39, 0.29) is 5.56 Å². The summed E-state index contributed by atoms with van der Waals surface area (Å²) in [6.45, 7) is 0. The molecule has 2 N–H and O–H groups in total. The molecule has 1 saturated carbocycles. The number of ether oxygens (including phenoxy) is 1. The number of nitrogens with two attached hydrogens (primary N) is 1. The highest BCUT2D eigenvalue weighted by Crippen LogP contribution is 2.45. The molecule has 0 unspecified atom stereocenters. The lowest BCUT2D eigenvalue weighted by Gasteiger charge is -2.40. The van der Waals surface area contributed by atoms with Crippen LogP contribution in [0, 0.1) is 0 Å². The Morgan fingerprint density at radius 2 is 1.89 bits per heavy atom. The monoisotopic (exact) mass is 255 g/mol. The standard InChI is InChI=1S/C14H19F2NO/c1-18-12-7-5-6-11(10-12)14(15,16)13(17)8-3-2-4-9-13/h5-7,10H,2-4,8-9,17H2,1H3. The zero-order chi connectivity index (χ0) is 13.2. The van der Waals surface area contributed by atoms with Crippen molar-refractivity contribution < 1.29 is 13.5 Å². The fourth-order valence-electron chi connectivity index (χ4n) is 2.60. The number of halogens is 2. The van der Waals surface area contributed by atoms with Crippen molar-refractivity contribution in [2.45, 2.75) is 43.6 Å². The fourth-order valence-corrected chi connectivity index (χ4v) is 2.60. The summed E-state index contributed by atoms with van der Waals surface area (Å²) in [4.78, 5) is 0. The zero-order valence-corrected chi connectivity index (χ0v) is 10.6. The van der Waals surface area contributed by atoms with Crippen molar-refractivity contribution in [1.29, 1.82) is 0 Å². The molecule has 0 atom stereocenters. The van der Waals surface area contributed by atoms with Gasteiger partial charge in [0.25, 0.3) is 5.92 Å². The molecule has 2 rings (SSSR count). The summed E-state index contributed by atoms with van der Waals surface area (Å²) in [6.07, 6.45) is 3.29. The van der Waals surface area contributed by atoms with Crippen LogP contribution in [0.5, 0.6) is 5.75 Å². The molecule has 2 nitrogen and oxygen atoms in total. The van der Waals surface area contributed by atoms with Gasteiger partial charge < -0.3 is 10.5 Å². The smallest absolute Gasteiger partial charge is 0.290 e. The number of methoxy groups -OCH3 is 1. The summed E-state index contributed by atoms with van der Waals surface area (Å²) in [5, 5.41) is 0. The number of rotatable bonds is 3. The Labute approximate surface area is 106 Å². The minimum atomic E-state index is -3.01. The molecule has 0 amide bonds. The maximum atomic E-state index is 14.6. The predicted molar refractivity (Wildman–Crippen MR) is 66.9 cm³/mol. The van der Waals surface area contributed by atoms with Crippen LogP contribution in [0.2, 0.25) is 0 Å². The maximum absolute atomic E-state index is 14.6. The fraction of sp³-hybridized carbons (Fsp3) is 0.571. The average molecular weight is 255 g/mol. The molecule has 0 spiro atoms. The van der Waals surface area contributed by atoms with E-state index < -0.39 is 11.5 Å². The third kappa shape index (κ3) is 2.21. The molecule has 100 valence electrons. The van der Waals surface area contributed by atoms with Crippen LogP contribution in [-0.2, 0) is 5.92 Å². The normalized spacial score (nSPS) is 19.6. The van der Waals surface area contributed by atoms with Crippen molar-refractivity contribution in [3.8, 4) is 5.75 Å². The Balaban J connectivity index is 2.33. The number of hydrogen-bond acceptors (Lipinski definition) is 2. The Bertz CT molecular complexity index is 414. The first kappa shape index (κ1) is 13.3. The molecule has 1 aromatic rings. The summed E-state index contributed by atoms with van der Waals surface area (Å²) >= 11 is 0. The van der Waals surface area contributed by atoms with Crippen molar-refractivity contribution in [1.82, 2.24) is 0 Å². The maximum Gasteiger partial charge on any atom is 0.290 e. The van der Waals surface area contributed by atoms with Crippen molar-refractivity contribution in [3.63, 3.8) is 0 Å². The van der Waals surface area contributed by atoms with Crippen LogP contribution in [0.15, 0.2) is 24.3 Å². The topological polar surface area (TPSA) is 35.2 Å². The summed E-state index contributed by atoms with van der Waals surface area (Å²) in [5.74, 6) is -2.58. The van der Waals surface area contributed by atoms with Gasteiger partial charge in [0.05, 0.1) is 12.6 Å². The van der Waals surface area contributed by atoms with E-state index in [0.29, 0.717) is 18.6 Å². The summed E-state index contributed by atoms with van der Waals surface area (Å²) < 4.78 is 34.1. The summed E-state index contributed by atoms with van der Waals surface area (Å²) in [7, 11) is 1.47. The Morgan fingerprint density at radius 1 is 1.22 bits per heavy atom. The zero-order valence-electron chi connectivity index (χ0n) is 10.6. The third-order valence-corrected chi connectivity index (χ3v) is 3.80. The molecule has 0 radical (unpaired) electrons. The highest BCUT2D eigenvalue weighted by atomic mass is 19.3. The lowest BCUT2D eigenvalue weighted by molar-refractivity contribution is -0.0955. The lowest BCUT2D eigenvalue weighted by Crippen LogP contribution is -2.54. The molecule has 0 saturated heterocycles. The Kier molecular flexibility index (Phi) is 3.57. The van der Waals surface area contributed by atoms with E-state index in [1.54, 1.807) is 12.1 Å².